The van der Waals surface area contributed by atoms with E-state index in [0.717, 1.165) is 27.8 Å². The van der Waals surface area contributed by atoms with E-state index in [9.17, 15) is 24.6 Å². The van der Waals surface area contributed by atoms with Crippen LogP contribution in [0.4, 0.5) is 4.79 Å². The van der Waals surface area contributed by atoms with E-state index in [1.165, 1.54) is 0 Å². The van der Waals surface area contributed by atoms with Crippen LogP contribution in [0.5, 0.6) is 5.75 Å². The topological polar surface area (TPSA) is 158 Å². The Morgan fingerprint density at radius 3 is 2.06 bits per heavy atom. The van der Waals surface area contributed by atoms with Gasteiger partial charge in [0.25, 0.3) is 0 Å². The molecule has 0 radical (unpaired) electrons. The van der Waals surface area contributed by atoms with Gasteiger partial charge in [-0.1, -0.05) is 111 Å². The molecule has 4 aromatic rings. The molecule has 3 amide bonds. The van der Waals surface area contributed by atoms with E-state index in [2.05, 4.69) is 21.3 Å². The molecule has 0 saturated heterocycles. The Hall–Kier alpha value is -5.23. The minimum absolute atomic E-state index is 0.0330. The summed E-state index contributed by atoms with van der Waals surface area (Å²) in [5.74, 6) is -0.747. The lowest BCUT2D eigenvalue weighted by Crippen LogP contribution is -2.62. The second kappa shape index (κ2) is 18.3. The molecular weight excluding hydrogens is 660 g/mol. The van der Waals surface area contributed by atoms with E-state index in [1.807, 2.05) is 97.1 Å². The molecule has 6 atom stereocenters. The predicted molar refractivity (Wildman–Crippen MR) is 197 cm³/mol. The van der Waals surface area contributed by atoms with Crippen molar-refractivity contribution in [3.05, 3.63) is 137 Å². The van der Waals surface area contributed by atoms with Crippen LogP contribution < -0.4 is 26.0 Å². The monoisotopic (exact) mass is 708 g/mol. The van der Waals surface area contributed by atoms with Crippen LogP contribution in [0.2, 0.25) is 0 Å². The maximum Gasteiger partial charge on any atom is 0.408 e. The lowest BCUT2D eigenvalue weighted by atomic mass is 9.94. The highest BCUT2D eigenvalue weighted by Crippen LogP contribution is 2.31. The Morgan fingerprint density at radius 2 is 1.40 bits per heavy atom. The zero-order chi connectivity index (χ0) is 37.0. The SMILES string of the molecule is COc1ccc(CN[C@@H](C(=O)N[C@H]2c3ccccc3C[C@H]2O)[C@H](O)[C@H](Cc2ccccc2)NC(=O)[C@@H](NC(=O)OCc2ccccc2)C(C)C)cc1. The molecule has 1 aliphatic carbocycles. The number of carbonyl (C=O) groups is 3. The first-order valence-electron chi connectivity index (χ1n) is 17.5. The van der Waals surface area contributed by atoms with Crippen LogP contribution in [0.3, 0.4) is 0 Å². The van der Waals surface area contributed by atoms with Gasteiger partial charge in [-0.05, 0) is 52.3 Å². The Labute approximate surface area is 304 Å². The second-order valence-electron chi connectivity index (χ2n) is 13.4. The van der Waals surface area contributed by atoms with Gasteiger partial charge in [0.2, 0.25) is 11.8 Å². The Morgan fingerprint density at radius 1 is 0.769 bits per heavy atom. The Balaban J connectivity index is 1.38. The number of benzene rings is 4. The van der Waals surface area contributed by atoms with Crippen LogP contribution in [0.15, 0.2) is 109 Å². The third-order valence-corrected chi connectivity index (χ3v) is 9.28. The van der Waals surface area contributed by atoms with Crippen molar-refractivity contribution in [2.24, 2.45) is 5.92 Å². The maximum atomic E-state index is 14.2. The number of methoxy groups -OCH3 is 1. The van der Waals surface area contributed by atoms with Gasteiger partial charge in [0, 0.05) is 13.0 Å². The van der Waals surface area contributed by atoms with Gasteiger partial charge in [-0.25, -0.2) is 4.79 Å². The molecular formula is C41H48N4O7. The van der Waals surface area contributed by atoms with Crippen molar-refractivity contribution in [3.63, 3.8) is 0 Å². The van der Waals surface area contributed by atoms with Crippen LogP contribution in [-0.2, 0) is 40.3 Å². The molecule has 11 nitrogen and oxygen atoms in total. The minimum Gasteiger partial charge on any atom is -0.497 e. The van der Waals surface area contributed by atoms with Crippen LogP contribution in [0.25, 0.3) is 0 Å². The molecule has 0 aliphatic heterocycles. The van der Waals surface area contributed by atoms with E-state index in [0.29, 0.717) is 12.2 Å². The van der Waals surface area contributed by atoms with E-state index in [1.54, 1.807) is 33.1 Å². The lowest BCUT2D eigenvalue weighted by Gasteiger charge is -2.33. The highest BCUT2D eigenvalue weighted by Gasteiger charge is 2.39. The first-order valence-corrected chi connectivity index (χ1v) is 17.5. The van der Waals surface area contributed by atoms with Gasteiger partial charge in [0.05, 0.1) is 31.4 Å². The molecule has 0 heterocycles. The molecule has 6 N–H and O–H groups in total. The third kappa shape index (κ3) is 10.2. The predicted octanol–water partition coefficient (Wildman–Crippen LogP) is 3.97. The van der Waals surface area contributed by atoms with Crippen molar-refractivity contribution in [3.8, 4) is 5.75 Å². The number of fused-ring (bicyclic) bond motifs is 1. The van der Waals surface area contributed by atoms with Crippen LogP contribution in [0, 0.1) is 5.92 Å². The number of aliphatic hydroxyl groups is 2. The van der Waals surface area contributed by atoms with Crippen molar-refractivity contribution >= 4 is 17.9 Å². The highest BCUT2D eigenvalue weighted by molar-refractivity contribution is 5.87. The summed E-state index contributed by atoms with van der Waals surface area (Å²) in [6.45, 7) is 3.83. The van der Waals surface area contributed by atoms with Crippen molar-refractivity contribution < 1.29 is 34.1 Å². The molecule has 0 spiro atoms. The van der Waals surface area contributed by atoms with Gasteiger partial charge in [0.1, 0.15) is 24.4 Å². The number of hydrogen-bond acceptors (Lipinski definition) is 8. The zero-order valence-corrected chi connectivity index (χ0v) is 29.7. The minimum atomic E-state index is -1.45. The van der Waals surface area contributed by atoms with Gasteiger partial charge in [0.15, 0.2) is 0 Å². The molecule has 0 saturated carbocycles. The van der Waals surface area contributed by atoms with E-state index in [4.69, 9.17) is 9.47 Å². The van der Waals surface area contributed by atoms with Gasteiger partial charge >= 0.3 is 6.09 Å². The average Bonchev–Trinajstić information content (AvgIpc) is 3.47. The smallest absolute Gasteiger partial charge is 0.408 e. The second-order valence-corrected chi connectivity index (χ2v) is 13.4. The van der Waals surface area contributed by atoms with Crippen molar-refractivity contribution in [2.75, 3.05) is 7.11 Å². The molecule has 1 aliphatic rings. The van der Waals surface area contributed by atoms with E-state index < -0.39 is 54.3 Å². The number of carbonyl (C=O) groups excluding carboxylic acids is 3. The number of nitrogens with one attached hydrogen (secondary N) is 4. The number of amides is 3. The van der Waals surface area contributed by atoms with Crippen molar-refractivity contribution in [2.45, 2.75) is 76.2 Å². The first-order chi connectivity index (χ1) is 25.1. The summed E-state index contributed by atoms with van der Waals surface area (Å²) in [6.07, 6.45) is -2.49. The first kappa shape index (κ1) is 38.0. The molecule has 5 rings (SSSR count). The summed E-state index contributed by atoms with van der Waals surface area (Å²) in [4.78, 5) is 40.9. The number of hydrogen-bond donors (Lipinski definition) is 6. The number of rotatable bonds is 16. The van der Waals surface area contributed by atoms with E-state index in [-0.39, 0.29) is 25.5 Å². The van der Waals surface area contributed by atoms with E-state index >= 15 is 0 Å². The summed E-state index contributed by atoms with van der Waals surface area (Å²) in [6, 6.07) is 29.5. The largest absolute Gasteiger partial charge is 0.497 e. The van der Waals surface area contributed by atoms with Crippen LogP contribution in [0.1, 0.15) is 47.7 Å². The number of alkyl carbamates (subject to hydrolysis) is 1. The van der Waals surface area contributed by atoms with Gasteiger partial charge in [-0.2, -0.15) is 0 Å². The zero-order valence-electron chi connectivity index (χ0n) is 29.7. The molecule has 0 bridgehead atoms. The molecule has 0 aromatic heterocycles. The van der Waals surface area contributed by atoms with Crippen LogP contribution in [-0.4, -0.2) is 65.6 Å². The lowest BCUT2D eigenvalue weighted by molar-refractivity contribution is -0.131. The fraction of sp³-hybridized carbons (Fsp3) is 0.341. The van der Waals surface area contributed by atoms with Gasteiger partial charge in [-0.3, -0.25) is 14.9 Å². The van der Waals surface area contributed by atoms with Gasteiger partial charge in [-0.15, -0.1) is 0 Å². The number of aliphatic hydroxyl groups excluding tert-OH is 2. The summed E-state index contributed by atoms with van der Waals surface area (Å²) in [5.41, 5.74) is 4.20. The quantitative estimate of drug-likeness (QED) is 0.102. The maximum absolute atomic E-state index is 14.2. The summed E-state index contributed by atoms with van der Waals surface area (Å²) < 4.78 is 10.7. The molecule has 4 aromatic carbocycles. The molecule has 11 heteroatoms. The Bertz CT molecular complexity index is 1750. The molecule has 274 valence electrons. The summed E-state index contributed by atoms with van der Waals surface area (Å²) in [5, 5.41) is 34.9. The highest BCUT2D eigenvalue weighted by atomic mass is 16.5. The van der Waals surface area contributed by atoms with Gasteiger partial charge < -0.3 is 35.6 Å². The van der Waals surface area contributed by atoms with Crippen LogP contribution >= 0.6 is 0 Å². The van der Waals surface area contributed by atoms with Crippen molar-refractivity contribution in [1.29, 1.82) is 0 Å². The fourth-order valence-electron chi connectivity index (χ4n) is 6.39. The average molecular weight is 709 g/mol. The number of ether oxygens (including phenoxy) is 2. The molecule has 52 heavy (non-hydrogen) atoms. The standard InChI is InChI=1S/C41H48N4O7/c1-26(2)35(45-41(50)52-25-29-14-8-5-9-15-29)39(48)43-33(22-27-12-6-4-7-13-27)38(47)37(42-24-28-18-20-31(51-3)21-19-28)40(49)44-36-32-17-11-10-16-30(32)23-34(36)46/h4-21,26,33-38,42,46-47H,22-25H2,1-3H3,(H,43,48)(H,44,49)(H,45,50)/t33-,34+,35-,36-,37+,38+/m0/s1. The third-order valence-electron chi connectivity index (χ3n) is 9.28. The van der Waals surface area contributed by atoms with Crippen molar-refractivity contribution in [1.82, 2.24) is 21.3 Å². The fourth-order valence-corrected chi connectivity index (χ4v) is 6.39. The summed E-state index contributed by atoms with van der Waals surface area (Å²) in [7, 11) is 1.58. The molecule has 0 fully saturated rings. The molecule has 0 unspecified atom stereocenters. The Kier molecular flexibility index (Phi) is 13.4. The summed E-state index contributed by atoms with van der Waals surface area (Å²) >= 11 is 0. The normalized spacial score (nSPS) is 17.3.